The van der Waals surface area contributed by atoms with Crippen LogP contribution in [0, 0.1) is 6.92 Å². The molecule has 26 heavy (non-hydrogen) atoms. The molecule has 3 heterocycles. The van der Waals surface area contributed by atoms with Gasteiger partial charge in [0.25, 0.3) is 11.5 Å². The Kier molecular flexibility index (Phi) is 4.91. The molecule has 1 amide bonds. The number of H-pyrrole nitrogens is 1. The van der Waals surface area contributed by atoms with Gasteiger partial charge in [0.2, 0.25) is 0 Å². The number of aromatic nitrogens is 2. The molecule has 2 fully saturated rings. The third kappa shape index (κ3) is 3.73. The number of carbonyl (C=O) groups is 1. The molecule has 6 nitrogen and oxygen atoms in total. The molecular formula is C19H24N4O2S. The fourth-order valence-electron chi connectivity index (χ4n) is 3.95. The van der Waals surface area contributed by atoms with Crippen LogP contribution in [0.15, 0.2) is 28.4 Å². The first-order valence-electron chi connectivity index (χ1n) is 9.25. The number of piperidine rings is 1. The number of amides is 1. The number of thiophene rings is 1. The Labute approximate surface area is 156 Å². The van der Waals surface area contributed by atoms with E-state index >= 15 is 0 Å². The highest BCUT2D eigenvalue weighted by Gasteiger charge is 2.34. The Morgan fingerprint density at radius 3 is 2.73 bits per heavy atom. The standard InChI is InChI=1S/C19H24N4O2S/c1-12-20-16(11-18(24)21-12)13-9-15(10-13)22-14-4-6-23(7-5-14)19(25)17-3-2-8-26-17/h2-3,8,11,13-15,22H,4-7,9-10H2,1H3,(H,20,21,24). The zero-order chi connectivity index (χ0) is 18.1. The lowest BCUT2D eigenvalue weighted by Gasteiger charge is -2.40. The van der Waals surface area contributed by atoms with E-state index in [9.17, 15) is 9.59 Å². The summed E-state index contributed by atoms with van der Waals surface area (Å²) < 4.78 is 0. The van der Waals surface area contributed by atoms with Crippen LogP contribution >= 0.6 is 11.3 Å². The molecule has 1 saturated heterocycles. The highest BCUT2D eigenvalue weighted by atomic mass is 32.1. The summed E-state index contributed by atoms with van der Waals surface area (Å²) in [6.45, 7) is 3.46. The SMILES string of the molecule is Cc1nc(C2CC(NC3CCN(C(=O)c4cccs4)CC3)C2)cc(=O)[nH]1. The van der Waals surface area contributed by atoms with Gasteiger partial charge in [-0.3, -0.25) is 9.59 Å². The largest absolute Gasteiger partial charge is 0.338 e. The van der Waals surface area contributed by atoms with Crippen molar-refractivity contribution in [3.63, 3.8) is 0 Å². The summed E-state index contributed by atoms with van der Waals surface area (Å²) in [7, 11) is 0. The number of nitrogens with one attached hydrogen (secondary N) is 2. The number of carbonyl (C=O) groups excluding carboxylic acids is 1. The van der Waals surface area contributed by atoms with E-state index in [0.717, 1.165) is 49.3 Å². The van der Waals surface area contributed by atoms with Crippen LogP contribution in [0.25, 0.3) is 0 Å². The number of likely N-dealkylation sites (tertiary alicyclic amines) is 1. The summed E-state index contributed by atoms with van der Waals surface area (Å²) in [5, 5.41) is 5.68. The van der Waals surface area contributed by atoms with E-state index in [1.807, 2.05) is 29.3 Å². The van der Waals surface area contributed by atoms with E-state index in [2.05, 4.69) is 15.3 Å². The number of aromatic amines is 1. The van der Waals surface area contributed by atoms with Crippen molar-refractivity contribution in [1.29, 1.82) is 0 Å². The highest BCUT2D eigenvalue weighted by Crippen LogP contribution is 2.36. The highest BCUT2D eigenvalue weighted by molar-refractivity contribution is 7.12. The zero-order valence-electron chi connectivity index (χ0n) is 14.9. The van der Waals surface area contributed by atoms with Crippen molar-refractivity contribution in [3.8, 4) is 0 Å². The molecule has 0 radical (unpaired) electrons. The lowest BCUT2D eigenvalue weighted by Crippen LogP contribution is -2.51. The van der Waals surface area contributed by atoms with Crippen molar-refractivity contribution in [1.82, 2.24) is 20.2 Å². The van der Waals surface area contributed by atoms with Crippen LogP contribution in [-0.4, -0.2) is 45.9 Å². The molecule has 2 aromatic heterocycles. The second-order valence-corrected chi connectivity index (χ2v) is 8.28. The minimum Gasteiger partial charge on any atom is -0.338 e. The number of aryl methyl sites for hydroxylation is 1. The van der Waals surface area contributed by atoms with Gasteiger partial charge in [-0.15, -0.1) is 11.3 Å². The van der Waals surface area contributed by atoms with Gasteiger partial charge >= 0.3 is 0 Å². The van der Waals surface area contributed by atoms with E-state index < -0.39 is 0 Å². The van der Waals surface area contributed by atoms with Gasteiger partial charge in [0, 0.05) is 37.2 Å². The molecule has 1 aliphatic carbocycles. The third-order valence-corrected chi connectivity index (χ3v) is 6.28. The average molecular weight is 372 g/mol. The predicted octanol–water partition coefficient (Wildman–Crippen LogP) is 2.28. The molecule has 2 aliphatic rings. The van der Waals surface area contributed by atoms with E-state index in [-0.39, 0.29) is 11.5 Å². The van der Waals surface area contributed by atoms with Crippen LogP contribution in [-0.2, 0) is 0 Å². The summed E-state index contributed by atoms with van der Waals surface area (Å²) in [4.78, 5) is 33.9. The number of hydrogen-bond donors (Lipinski definition) is 2. The molecule has 4 rings (SSSR count). The summed E-state index contributed by atoms with van der Waals surface area (Å²) in [5.41, 5.74) is 0.854. The quantitative estimate of drug-likeness (QED) is 0.863. The minimum absolute atomic E-state index is 0.0633. The van der Waals surface area contributed by atoms with E-state index in [1.165, 1.54) is 11.3 Å². The first-order chi connectivity index (χ1) is 12.6. The summed E-state index contributed by atoms with van der Waals surface area (Å²) in [6.07, 6.45) is 4.07. The topological polar surface area (TPSA) is 78.1 Å². The van der Waals surface area contributed by atoms with Crippen molar-refractivity contribution in [3.05, 3.63) is 50.3 Å². The van der Waals surface area contributed by atoms with Crippen molar-refractivity contribution in [2.75, 3.05) is 13.1 Å². The second-order valence-electron chi connectivity index (χ2n) is 7.33. The zero-order valence-corrected chi connectivity index (χ0v) is 15.7. The number of rotatable bonds is 4. The van der Waals surface area contributed by atoms with Gasteiger partial charge < -0.3 is 15.2 Å². The fourth-order valence-corrected chi connectivity index (χ4v) is 4.64. The third-order valence-electron chi connectivity index (χ3n) is 5.42. The Balaban J connectivity index is 1.23. The molecule has 7 heteroatoms. The van der Waals surface area contributed by atoms with Crippen molar-refractivity contribution >= 4 is 17.2 Å². The predicted molar refractivity (Wildman–Crippen MR) is 102 cm³/mol. The Bertz CT molecular complexity index is 818. The average Bonchev–Trinajstić information content (AvgIpc) is 3.11. The van der Waals surface area contributed by atoms with Gasteiger partial charge in [-0.2, -0.15) is 0 Å². The van der Waals surface area contributed by atoms with Crippen molar-refractivity contribution in [2.24, 2.45) is 0 Å². The van der Waals surface area contributed by atoms with Gasteiger partial charge in [-0.25, -0.2) is 4.98 Å². The molecule has 0 bridgehead atoms. The summed E-state index contributed by atoms with van der Waals surface area (Å²) in [5.74, 6) is 1.23. The van der Waals surface area contributed by atoms with E-state index in [1.54, 1.807) is 6.07 Å². The van der Waals surface area contributed by atoms with Gasteiger partial charge in [-0.05, 0) is 44.1 Å². The maximum absolute atomic E-state index is 12.4. The van der Waals surface area contributed by atoms with Gasteiger partial charge in [0.15, 0.2) is 0 Å². The number of hydrogen-bond acceptors (Lipinski definition) is 5. The van der Waals surface area contributed by atoms with Crippen LogP contribution in [0.4, 0.5) is 0 Å². The molecule has 0 aromatic carbocycles. The normalized spacial score (nSPS) is 23.7. The van der Waals surface area contributed by atoms with Gasteiger partial charge in [0.05, 0.1) is 10.6 Å². The Morgan fingerprint density at radius 1 is 1.31 bits per heavy atom. The molecule has 1 aliphatic heterocycles. The molecule has 1 saturated carbocycles. The maximum atomic E-state index is 12.4. The first-order valence-corrected chi connectivity index (χ1v) is 10.1. The molecular weight excluding hydrogens is 348 g/mol. The monoisotopic (exact) mass is 372 g/mol. The number of nitrogens with zero attached hydrogens (tertiary/aromatic N) is 2. The van der Waals surface area contributed by atoms with Gasteiger partial charge in [0.1, 0.15) is 5.82 Å². The molecule has 2 aromatic rings. The van der Waals surface area contributed by atoms with Crippen LogP contribution in [0.5, 0.6) is 0 Å². The van der Waals surface area contributed by atoms with E-state index in [4.69, 9.17) is 0 Å². The van der Waals surface area contributed by atoms with Crippen LogP contribution in [0.2, 0.25) is 0 Å². The smallest absolute Gasteiger partial charge is 0.263 e. The van der Waals surface area contributed by atoms with Crippen molar-refractivity contribution in [2.45, 2.75) is 50.6 Å². The van der Waals surface area contributed by atoms with Gasteiger partial charge in [-0.1, -0.05) is 6.07 Å². The second kappa shape index (κ2) is 7.32. The Morgan fingerprint density at radius 2 is 2.08 bits per heavy atom. The van der Waals surface area contributed by atoms with E-state index in [0.29, 0.717) is 23.8 Å². The van der Waals surface area contributed by atoms with Crippen LogP contribution in [0.3, 0.4) is 0 Å². The molecule has 0 atom stereocenters. The minimum atomic E-state index is -0.0633. The molecule has 0 spiro atoms. The lowest BCUT2D eigenvalue weighted by molar-refractivity contribution is 0.0700. The summed E-state index contributed by atoms with van der Waals surface area (Å²) in [6, 6.07) is 6.42. The molecule has 138 valence electrons. The van der Waals surface area contributed by atoms with Crippen LogP contribution < -0.4 is 10.9 Å². The van der Waals surface area contributed by atoms with Crippen molar-refractivity contribution < 1.29 is 4.79 Å². The maximum Gasteiger partial charge on any atom is 0.263 e. The first kappa shape index (κ1) is 17.4. The molecule has 0 unspecified atom stereocenters. The Hall–Kier alpha value is -1.99. The lowest BCUT2D eigenvalue weighted by atomic mass is 9.77. The summed E-state index contributed by atoms with van der Waals surface area (Å²) >= 11 is 1.51. The fraction of sp³-hybridized carbons (Fsp3) is 0.526. The molecule has 2 N–H and O–H groups in total. The van der Waals surface area contributed by atoms with Crippen LogP contribution in [0.1, 0.15) is 52.8 Å².